The molecule has 0 aliphatic rings. The predicted octanol–water partition coefficient (Wildman–Crippen LogP) is 1.33. The van der Waals surface area contributed by atoms with E-state index in [2.05, 4.69) is 0 Å². The van der Waals surface area contributed by atoms with Gasteiger partial charge in [0, 0.05) is 6.92 Å². The number of carboxylic acids is 1. The van der Waals surface area contributed by atoms with Gasteiger partial charge in [-0.15, -0.1) is 0 Å². The molecule has 0 radical (unpaired) electrons. The quantitative estimate of drug-likeness (QED) is 0.781. The van der Waals surface area contributed by atoms with Crippen molar-refractivity contribution in [1.29, 1.82) is 0 Å². The van der Waals surface area contributed by atoms with Gasteiger partial charge in [0.25, 0.3) is 0 Å². The number of carboxylic acid groups (broad SMARTS) is 1. The van der Waals surface area contributed by atoms with Crippen LogP contribution in [0.2, 0.25) is 0 Å². The Hall–Kier alpha value is -2.09. The number of hydrogen-bond donors (Lipinski definition) is 3. The van der Waals surface area contributed by atoms with E-state index in [1.165, 1.54) is 0 Å². The average molecular weight is 291 g/mol. The van der Waals surface area contributed by atoms with Gasteiger partial charge in [0.2, 0.25) is 5.91 Å². The van der Waals surface area contributed by atoms with E-state index >= 15 is 0 Å². The van der Waals surface area contributed by atoms with E-state index in [-0.39, 0.29) is 5.56 Å². The molecule has 0 aliphatic heterocycles. The van der Waals surface area contributed by atoms with Crippen molar-refractivity contribution in [2.75, 3.05) is 0 Å². The lowest BCUT2D eigenvalue weighted by Gasteiger charge is -2.20. The summed E-state index contributed by atoms with van der Waals surface area (Å²) in [4.78, 5) is 21.8. The first kappa shape index (κ1) is 16.0. The van der Waals surface area contributed by atoms with Gasteiger partial charge in [0.1, 0.15) is 6.10 Å². The summed E-state index contributed by atoms with van der Waals surface area (Å²) in [6, 6.07) is 1.75. The maximum absolute atomic E-state index is 12.4. The van der Waals surface area contributed by atoms with Crippen molar-refractivity contribution < 1.29 is 33.0 Å². The van der Waals surface area contributed by atoms with Gasteiger partial charge < -0.3 is 15.5 Å². The van der Waals surface area contributed by atoms with E-state index in [4.69, 9.17) is 5.11 Å². The monoisotopic (exact) mass is 291 g/mol. The Kier molecular flexibility index (Phi) is 4.72. The van der Waals surface area contributed by atoms with Gasteiger partial charge in [-0.3, -0.25) is 4.79 Å². The molecule has 0 saturated heterocycles. The Morgan fingerprint density at radius 1 is 1.20 bits per heavy atom. The molecular weight excluding hydrogens is 279 g/mol. The fourth-order valence-corrected chi connectivity index (χ4v) is 1.56. The van der Waals surface area contributed by atoms with Gasteiger partial charge in [0.15, 0.2) is 6.04 Å². The summed E-state index contributed by atoms with van der Waals surface area (Å²) in [5, 5.41) is 20.7. The van der Waals surface area contributed by atoms with Gasteiger partial charge in [-0.2, -0.15) is 13.2 Å². The molecular formula is C12H12F3NO4. The Balaban J connectivity index is 2.98. The van der Waals surface area contributed by atoms with Crippen LogP contribution in [0, 0.1) is 0 Å². The first-order valence-electron chi connectivity index (χ1n) is 5.48. The van der Waals surface area contributed by atoms with Crippen molar-refractivity contribution >= 4 is 11.9 Å². The summed E-state index contributed by atoms with van der Waals surface area (Å²) >= 11 is 0. The molecule has 1 rings (SSSR count). The summed E-state index contributed by atoms with van der Waals surface area (Å²) in [5.41, 5.74) is -0.959. The zero-order valence-electron chi connectivity index (χ0n) is 10.3. The van der Waals surface area contributed by atoms with Gasteiger partial charge in [-0.05, 0) is 17.7 Å². The molecule has 20 heavy (non-hydrogen) atoms. The van der Waals surface area contributed by atoms with Crippen LogP contribution in [0.4, 0.5) is 13.2 Å². The second-order valence-corrected chi connectivity index (χ2v) is 4.08. The number of aliphatic carboxylic acids is 1. The molecule has 8 heteroatoms. The molecule has 0 unspecified atom stereocenters. The number of benzene rings is 1. The Bertz CT molecular complexity index is 498. The standard InChI is InChI=1S/C12H12F3NO4/c1-6(17)16-9(11(19)20)10(18)7-2-4-8(5-3-7)12(13,14)15/h2-5,9-10,18H,1H3,(H,16,17)(H,19,20)/t9-,10-/m1/s1. The molecule has 0 saturated carbocycles. The van der Waals surface area contributed by atoms with Crippen molar-refractivity contribution in [2.24, 2.45) is 0 Å². The molecule has 0 bridgehead atoms. The van der Waals surface area contributed by atoms with E-state index < -0.39 is 35.8 Å². The predicted molar refractivity (Wildman–Crippen MR) is 61.6 cm³/mol. The molecule has 3 N–H and O–H groups in total. The van der Waals surface area contributed by atoms with Crippen molar-refractivity contribution in [3.8, 4) is 0 Å². The maximum Gasteiger partial charge on any atom is 0.416 e. The Morgan fingerprint density at radius 3 is 2.05 bits per heavy atom. The van der Waals surface area contributed by atoms with Crippen LogP contribution in [0.1, 0.15) is 24.2 Å². The van der Waals surface area contributed by atoms with Gasteiger partial charge in [0.05, 0.1) is 5.56 Å². The molecule has 1 amide bonds. The van der Waals surface area contributed by atoms with Crippen LogP contribution < -0.4 is 5.32 Å². The fraction of sp³-hybridized carbons (Fsp3) is 0.333. The number of aliphatic hydroxyl groups excluding tert-OH is 1. The normalized spacial score (nSPS) is 14.4. The molecule has 0 spiro atoms. The van der Waals surface area contributed by atoms with Crippen molar-refractivity contribution in [1.82, 2.24) is 5.32 Å². The molecule has 1 aromatic carbocycles. The van der Waals surface area contributed by atoms with E-state index in [0.29, 0.717) is 0 Å². The molecule has 110 valence electrons. The first-order chi connectivity index (χ1) is 9.12. The summed E-state index contributed by atoms with van der Waals surface area (Å²) in [6.07, 6.45) is -6.17. The molecule has 0 heterocycles. The third-order valence-corrected chi connectivity index (χ3v) is 2.52. The van der Waals surface area contributed by atoms with Crippen molar-refractivity contribution in [2.45, 2.75) is 25.2 Å². The summed E-state index contributed by atoms with van der Waals surface area (Å²) in [7, 11) is 0. The summed E-state index contributed by atoms with van der Waals surface area (Å²) in [6.45, 7) is 1.06. The smallest absolute Gasteiger partial charge is 0.416 e. The lowest BCUT2D eigenvalue weighted by atomic mass is 10.0. The lowest BCUT2D eigenvalue weighted by Crippen LogP contribution is -2.44. The van der Waals surface area contributed by atoms with Crippen LogP contribution in [-0.4, -0.2) is 28.1 Å². The number of aliphatic hydroxyl groups is 1. The molecule has 5 nitrogen and oxygen atoms in total. The number of nitrogens with one attached hydrogen (secondary N) is 1. The molecule has 0 fully saturated rings. The second-order valence-electron chi connectivity index (χ2n) is 4.08. The van der Waals surface area contributed by atoms with Crippen LogP contribution in [0.15, 0.2) is 24.3 Å². The zero-order chi connectivity index (χ0) is 15.5. The Labute approximate surface area is 112 Å². The minimum Gasteiger partial charge on any atom is -0.480 e. The number of carbonyl (C=O) groups excluding carboxylic acids is 1. The third-order valence-electron chi connectivity index (χ3n) is 2.52. The number of carbonyl (C=O) groups is 2. The zero-order valence-corrected chi connectivity index (χ0v) is 10.3. The van der Waals surface area contributed by atoms with Crippen LogP contribution in [0.5, 0.6) is 0 Å². The second kappa shape index (κ2) is 5.91. The highest BCUT2D eigenvalue weighted by Crippen LogP contribution is 2.30. The van der Waals surface area contributed by atoms with Crippen LogP contribution in [0.3, 0.4) is 0 Å². The highest BCUT2D eigenvalue weighted by Gasteiger charge is 2.32. The van der Waals surface area contributed by atoms with Crippen molar-refractivity contribution in [3.63, 3.8) is 0 Å². The number of amides is 1. The lowest BCUT2D eigenvalue weighted by molar-refractivity contribution is -0.145. The van der Waals surface area contributed by atoms with E-state index in [9.17, 15) is 27.9 Å². The van der Waals surface area contributed by atoms with Gasteiger partial charge in [-0.1, -0.05) is 12.1 Å². The van der Waals surface area contributed by atoms with E-state index in [1.807, 2.05) is 5.32 Å². The SMILES string of the molecule is CC(=O)N[C@@H](C(=O)O)[C@H](O)c1ccc(C(F)(F)F)cc1. The first-order valence-corrected chi connectivity index (χ1v) is 5.48. The van der Waals surface area contributed by atoms with Crippen LogP contribution in [-0.2, 0) is 15.8 Å². The largest absolute Gasteiger partial charge is 0.480 e. The third kappa shape index (κ3) is 3.95. The van der Waals surface area contributed by atoms with Crippen molar-refractivity contribution in [3.05, 3.63) is 35.4 Å². The number of hydrogen-bond acceptors (Lipinski definition) is 3. The van der Waals surface area contributed by atoms with Crippen LogP contribution >= 0.6 is 0 Å². The van der Waals surface area contributed by atoms with Gasteiger partial charge in [-0.25, -0.2) is 4.79 Å². The van der Waals surface area contributed by atoms with E-state index in [0.717, 1.165) is 31.2 Å². The van der Waals surface area contributed by atoms with E-state index in [1.54, 1.807) is 0 Å². The highest BCUT2D eigenvalue weighted by atomic mass is 19.4. The highest BCUT2D eigenvalue weighted by molar-refractivity contribution is 5.82. The van der Waals surface area contributed by atoms with Gasteiger partial charge >= 0.3 is 12.1 Å². The molecule has 0 aliphatic carbocycles. The summed E-state index contributed by atoms with van der Waals surface area (Å²) < 4.78 is 37.1. The average Bonchev–Trinajstić information content (AvgIpc) is 2.33. The molecule has 1 aromatic rings. The van der Waals surface area contributed by atoms with Crippen LogP contribution in [0.25, 0.3) is 0 Å². The topological polar surface area (TPSA) is 86.6 Å². The minimum atomic E-state index is -4.52. The number of alkyl halides is 3. The molecule has 2 atom stereocenters. The minimum absolute atomic E-state index is 0.0425. The number of rotatable bonds is 4. The maximum atomic E-state index is 12.4. The number of halogens is 3. The molecule has 0 aromatic heterocycles. The fourth-order valence-electron chi connectivity index (χ4n) is 1.56. The Morgan fingerprint density at radius 2 is 1.70 bits per heavy atom. The summed E-state index contributed by atoms with van der Waals surface area (Å²) in [5.74, 6) is -2.17.